The molecule has 3 aliphatic rings. The Kier molecular flexibility index (Phi) is 7.21. The van der Waals surface area contributed by atoms with E-state index >= 15 is 0 Å². The van der Waals surface area contributed by atoms with Crippen LogP contribution in [0.5, 0.6) is 0 Å². The van der Waals surface area contributed by atoms with Crippen LogP contribution in [0.4, 0.5) is 0 Å². The van der Waals surface area contributed by atoms with Crippen LogP contribution < -0.4 is 5.32 Å². The molecule has 6 heteroatoms. The summed E-state index contributed by atoms with van der Waals surface area (Å²) in [5.74, 6) is 0.359. The second-order valence-corrected chi connectivity index (χ2v) is 10.4. The van der Waals surface area contributed by atoms with Gasteiger partial charge in [-0.05, 0) is 81.3 Å². The number of rotatable bonds is 4. The van der Waals surface area contributed by atoms with Crippen LogP contribution in [0.15, 0.2) is 48.5 Å². The first-order valence-corrected chi connectivity index (χ1v) is 13.1. The molecule has 0 bridgehead atoms. The highest BCUT2D eigenvalue weighted by Crippen LogP contribution is 2.31. The second-order valence-electron chi connectivity index (χ2n) is 9.97. The molecular weight excluding hydrogens is 446 g/mol. The van der Waals surface area contributed by atoms with Gasteiger partial charge in [0.2, 0.25) is 5.91 Å². The summed E-state index contributed by atoms with van der Waals surface area (Å²) in [5.41, 5.74) is 3.28. The van der Waals surface area contributed by atoms with Gasteiger partial charge in [-0.15, -0.1) is 0 Å². The number of benzene rings is 2. The summed E-state index contributed by atoms with van der Waals surface area (Å²) in [4.78, 5) is 30.4. The Morgan fingerprint density at radius 1 is 0.853 bits per heavy atom. The number of carbonyl (C=O) groups is 2. The number of likely N-dealkylation sites (tertiary alicyclic amines) is 2. The molecule has 5 nitrogen and oxygen atoms in total. The Bertz CT molecular complexity index is 1030. The van der Waals surface area contributed by atoms with E-state index in [-0.39, 0.29) is 23.8 Å². The molecule has 1 unspecified atom stereocenters. The zero-order chi connectivity index (χ0) is 23.5. The maximum atomic E-state index is 13.1. The number of halogens is 1. The van der Waals surface area contributed by atoms with Crippen molar-refractivity contribution in [1.29, 1.82) is 0 Å². The summed E-state index contributed by atoms with van der Waals surface area (Å²) < 4.78 is 0. The predicted octanol–water partition coefficient (Wildman–Crippen LogP) is 4.85. The van der Waals surface area contributed by atoms with Crippen molar-refractivity contribution in [3.05, 3.63) is 70.2 Å². The van der Waals surface area contributed by atoms with Gasteiger partial charge in [0.1, 0.15) is 0 Å². The molecule has 2 saturated heterocycles. The van der Waals surface area contributed by atoms with Gasteiger partial charge in [-0.1, -0.05) is 48.0 Å². The topological polar surface area (TPSA) is 52.7 Å². The van der Waals surface area contributed by atoms with E-state index in [1.165, 1.54) is 11.1 Å². The van der Waals surface area contributed by atoms with Gasteiger partial charge < -0.3 is 15.1 Å². The lowest BCUT2D eigenvalue weighted by Crippen LogP contribution is -2.50. The zero-order valence-electron chi connectivity index (χ0n) is 19.7. The molecule has 5 rings (SSSR count). The lowest BCUT2D eigenvalue weighted by Gasteiger charge is -2.41. The van der Waals surface area contributed by atoms with Crippen LogP contribution in [0, 0.1) is 5.92 Å². The number of carbonyl (C=O) groups excluding carboxylic acids is 2. The Hall–Kier alpha value is -2.37. The largest absolute Gasteiger partial charge is 0.349 e. The van der Waals surface area contributed by atoms with Crippen LogP contribution in [0.1, 0.15) is 66.1 Å². The van der Waals surface area contributed by atoms with Gasteiger partial charge in [0.25, 0.3) is 5.91 Å². The molecule has 0 radical (unpaired) electrons. The molecule has 1 N–H and O–H groups in total. The monoisotopic (exact) mass is 479 g/mol. The Morgan fingerprint density at radius 3 is 2.32 bits per heavy atom. The third kappa shape index (κ3) is 5.01. The van der Waals surface area contributed by atoms with Crippen molar-refractivity contribution in [2.45, 2.75) is 57.0 Å². The Labute approximate surface area is 207 Å². The highest BCUT2D eigenvalue weighted by Gasteiger charge is 2.33. The van der Waals surface area contributed by atoms with Crippen molar-refractivity contribution in [2.75, 3.05) is 26.2 Å². The van der Waals surface area contributed by atoms with E-state index in [2.05, 4.69) is 34.5 Å². The molecule has 0 saturated carbocycles. The summed E-state index contributed by atoms with van der Waals surface area (Å²) >= 11 is 6.23. The van der Waals surface area contributed by atoms with Crippen molar-refractivity contribution in [2.24, 2.45) is 5.92 Å². The number of fused-ring (bicyclic) bond motifs is 1. The Morgan fingerprint density at radius 2 is 1.56 bits per heavy atom. The van der Waals surface area contributed by atoms with Gasteiger partial charge >= 0.3 is 0 Å². The minimum atomic E-state index is 0.0312. The minimum absolute atomic E-state index is 0.0312. The summed E-state index contributed by atoms with van der Waals surface area (Å²) in [5, 5.41) is 3.89. The van der Waals surface area contributed by atoms with E-state index in [4.69, 9.17) is 11.6 Å². The molecule has 2 aromatic rings. The number of nitrogens with one attached hydrogen (secondary N) is 1. The molecule has 2 amide bonds. The first kappa shape index (κ1) is 23.4. The van der Waals surface area contributed by atoms with Crippen molar-refractivity contribution in [1.82, 2.24) is 15.1 Å². The smallest absolute Gasteiger partial charge is 0.255 e. The van der Waals surface area contributed by atoms with Crippen LogP contribution in [-0.4, -0.2) is 53.8 Å². The van der Waals surface area contributed by atoms with Crippen molar-refractivity contribution >= 4 is 23.4 Å². The summed E-state index contributed by atoms with van der Waals surface area (Å²) in [6.07, 6.45) is 7.07. The van der Waals surface area contributed by atoms with Crippen LogP contribution in [0.3, 0.4) is 0 Å². The molecule has 2 aliphatic heterocycles. The molecule has 34 heavy (non-hydrogen) atoms. The van der Waals surface area contributed by atoms with Gasteiger partial charge in [0.05, 0.1) is 16.6 Å². The summed E-state index contributed by atoms with van der Waals surface area (Å²) in [6, 6.07) is 16.5. The number of aryl methyl sites for hydroxylation is 1. The first-order chi connectivity index (χ1) is 16.6. The molecule has 2 heterocycles. The first-order valence-electron chi connectivity index (χ1n) is 12.8. The van der Waals surface area contributed by atoms with Crippen LogP contribution >= 0.6 is 11.6 Å². The van der Waals surface area contributed by atoms with E-state index in [0.29, 0.717) is 16.6 Å². The fourth-order valence-electron chi connectivity index (χ4n) is 5.96. The number of hydrogen-bond donors (Lipinski definition) is 1. The van der Waals surface area contributed by atoms with Crippen LogP contribution in [-0.2, 0) is 11.2 Å². The minimum Gasteiger partial charge on any atom is -0.349 e. The maximum absolute atomic E-state index is 13.1. The maximum Gasteiger partial charge on any atom is 0.255 e. The van der Waals surface area contributed by atoms with E-state index < -0.39 is 0 Å². The van der Waals surface area contributed by atoms with E-state index in [1.807, 2.05) is 17.0 Å². The summed E-state index contributed by atoms with van der Waals surface area (Å²) in [7, 11) is 0. The average molecular weight is 480 g/mol. The zero-order valence-corrected chi connectivity index (χ0v) is 20.5. The predicted molar refractivity (Wildman–Crippen MR) is 135 cm³/mol. The van der Waals surface area contributed by atoms with E-state index in [0.717, 1.165) is 71.1 Å². The number of nitrogens with zero attached hydrogens (tertiary/aromatic N) is 2. The second kappa shape index (κ2) is 10.5. The SMILES string of the molecule is O=C(NC1CCCc2ccccc21)C1CCN(C2CCN(C(=O)c3ccccc3Cl)CC2)CC1. The van der Waals surface area contributed by atoms with Crippen LogP contribution in [0.2, 0.25) is 5.02 Å². The summed E-state index contributed by atoms with van der Waals surface area (Å²) in [6.45, 7) is 3.44. The molecule has 1 aliphatic carbocycles. The molecule has 2 fully saturated rings. The van der Waals surface area contributed by atoms with E-state index in [1.54, 1.807) is 12.1 Å². The average Bonchev–Trinajstić information content (AvgIpc) is 2.89. The number of hydrogen-bond acceptors (Lipinski definition) is 3. The van der Waals surface area contributed by atoms with Gasteiger partial charge in [0.15, 0.2) is 0 Å². The standard InChI is InChI=1S/C28H34ClN3O2/c29-25-10-4-3-9-24(25)28(34)32-18-14-22(15-19-32)31-16-12-21(13-17-31)27(33)30-26-11-5-7-20-6-1-2-8-23(20)26/h1-4,6,8-10,21-22,26H,5,7,11-19H2,(H,30,33). The fraction of sp³-hybridized carbons (Fsp3) is 0.500. The lowest BCUT2D eigenvalue weighted by molar-refractivity contribution is -0.127. The lowest BCUT2D eigenvalue weighted by atomic mass is 9.86. The molecule has 180 valence electrons. The van der Waals surface area contributed by atoms with Crippen molar-refractivity contribution in [3.8, 4) is 0 Å². The fourth-order valence-corrected chi connectivity index (χ4v) is 6.18. The van der Waals surface area contributed by atoms with Gasteiger partial charge in [0, 0.05) is 25.0 Å². The van der Waals surface area contributed by atoms with Crippen LogP contribution in [0.25, 0.3) is 0 Å². The van der Waals surface area contributed by atoms with Gasteiger partial charge in [-0.2, -0.15) is 0 Å². The number of amides is 2. The van der Waals surface area contributed by atoms with Crippen molar-refractivity contribution < 1.29 is 9.59 Å². The molecular formula is C28H34ClN3O2. The third-order valence-electron chi connectivity index (χ3n) is 7.96. The van der Waals surface area contributed by atoms with Crippen molar-refractivity contribution in [3.63, 3.8) is 0 Å². The van der Waals surface area contributed by atoms with Gasteiger partial charge in [-0.3, -0.25) is 9.59 Å². The molecule has 1 atom stereocenters. The normalized spacial score (nSPS) is 22.3. The highest BCUT2D eigenvalue weighted by molar-refractivity contribution is 6.33. The molecule has 2 aromatic carbocycles. The quantitative estimate of drug-likeness (QED) is 0.682. The highest BCUT2D eigenvalue weighted by atomic mass is 35.5. The third-order valence-corrected chi connectivity index (χ3v) is 8.29. The van der Waals surface area contributed by atoms with Gasteiger partial charge in [-0.25, -0.2) is 0 Å². The molecule has 0 aromatic heterocycles. The molecule has 0 spiro atoms. The number of piperidine rings is 2. The van der Waals surface area contributed by atoms with E-state index in [9.17, 15) is 9.59 Å². The Balaban J connectivity index is 1.09.